The van der Waals surface area contributed by atoms with Gasteiger partial charge in [0.1, 0.15) is 11.9 Å². The van der Waals surface area contributed by atoms with Crippen molar-refractivity contribution in [1.29, 1.82) is 0 Å². The van der Waals surface area contributed by atoms with Crippen molar-refractivity contribution in [2.75, 3.05) is 18.4 Å². The summed E-state index contributed by atoms with van der Waals surface area (Å²) in [5.74, 6) is -1.56. The molecule has 2 aromatic carbocycles. The fourth-order valence-electron chi connectivity index (χ4n) is 3.54. The van der Waals surface area contributed by atoms with Crippen LogP contribution in [0.15, 0.2) is 47.4 Å². The lowest BCUT2D eigenvalue weighted by Crippen LogP contribution is -2.47. The number of hydrogen-bond acceptors (Lipinski definition) is 4. The number of carbonyl (C=O) groups is 2. The SMILES string of the molecule is Cc1ccc(S(=O)(=O)N2CCC(C(=O)N[C@@H](C)C(=O)Nc3ccc(C)c(F)c3)CC2)cc1. The highest BCUT2D eigenvalue weighted by Gasteiger charge is 2.32. The Morgan fingerprint density at radius 3 is 2.28 bits per heavy atom. The molecule has 1 aliphatic heterocycles. The molecule has 1 heterocycles. The molecule has 9 heteroatoms. The summed E-state index contributed by atoms with van der Waals surface area (Å²) in [6.45, 7) is 5.53. The number of nitrogens with one attached hydrogen (secondary N) is 2. The Kier molecular flexibility index (Phi) is 7.30. The number of aryl methyl sites for hydroxylation is 2. The number of nitrogens with zero attached hydrogens (tertiary/aromatic N) is 1. The monoisotopic (exact) mass is 461 g/mol. The Balaban J connectivity index is 1.53. The van der Waals surface area contributed by atoms with Gasteiger partial charge >= 0.3 is 0 Å². The standard InChI is InChI=1S/C23H28FN3O4S/c1-15-4-8-20(9-5-15)32(30,31)27-12-10-18(11-13-27)23(29)25-17(3)22(28)26-19-7-6-16(2)21(24)14-19/h4-9,14,17-18H,10-13H2,1-3H3,(H,25,29)(H,26,28)/t17-/m0/s1. The number of piperidine rings is 1. The first kappa shape index (κ1) is 23.9. The maximum absolute atomic E-state index is 13.7. The first-order valence-electron chi connectivity index (χ1n) is 10.5. The molecule has 32 heavy (non-hydrogen) atoms. The highest BCUT2D eigenvalue weighted by atomic mass is 32.2. The summed E-state index contributed by atoms with van der Waals surface area (Å²) in [7, 11) is -3.60. The molecule has 3 rings (SSSR count). The third-order valence-corrected chi connectivity index (χ3v) is 7.59. The van der Waals surface area contributed by atoms with Crippen LogP contribution < -0.4 is 10.6 Å². The topological polar surface area (TPSA) is 95.6 Å². The number of anilines is 1. The van der Waals surface area contributed by atoms with Gasteiger partial charge in [0.2, 0.25) is 21.8 Å². The summed E-state index contributed by atoms with van der Waals surface area (Å²) >= 11 is 0. The Hall–Kier alpha value is -2.78. The second-order valence-electron chi connectivity index (χ2n) is 8.17. The van der Waals surface area contributed by atoms with E-state index in [1.807, 2.05) is 6.92 Å². The number of carbonyl (C=O) groups excluding carboxylic acids is 2. The van der Waals surface area contributed by atoms with Crippen LogP contribution in [0.4, 0.5) is 10.1 Å². The Bertz CT molecular complexity index is 1090. The van der Waals surface area contributed by atoms with E-state index in [9.17, 15) is 22.4 Å². The van der Waals surface area contributed by atoms with E-state index >= 15 is 0 Å². The zero-order valence-electron chi connectivity index (χ0n) is 18.4. The second-order valence-corrected chi connectivity index (χ2v) is 10.1. The van der Waals surface area contributed by atoms with Crippen molar-refractivity contribution >= 4 is 27.5 Å². The van der Waals surface area contributed by atoms with E-state index in [-0.39, 0.29) is 29.8 Å². The first-order chi connectivity index (χ1) is 15.1. The van der Waals surface area contributed by atoms with Gasteiger partial charge in [-0.05, 0) is 63.4 Å². The number of rotatable bonds is 6. The molecule has 7 nitrogen and oxygen atoms in total. The number of hydrogen-bond donors (Lipinski definition) is 2. The van der Waals surface area contributed by atoms with Crippen molar-refractivity contribution in [2.24, 2.45) is 5.92 Å². The number of benzene rings is 2. The molecule has 2 N–H and O–H groups in total. The average Bonchev–Trinajstić information content (AvgIpc) is 2.76. The van der Waals surface area contributed by atoms with Gasteiger partial charge in [-0.1, -0.05) is 23.8 Å². The van der Waals surface area contributed by atoms with Crippen molar-refractivity contribution in [3.8, 4) is 0 Å². The maximum atomic E-state index is 13.7. The molecule has 0 aromatic heterocycles. The van der Waals surface area contributed by atoms with Crippen LogP contribution in [0.5, 0.6) is 0 Å². The summed E-state index contributed by atoms with van der Waals surface area (Å²) in [5, 5.41) is 5.26. The minimum atomic E-state index is -3.60. The normalized spacial score (nSPS) is 16.4. The van der Waals surface area contributed by atoms with Gasteiger partial charge in [-0.2, -0.15) is 4.31 Å². The van der Waals surface area contributed by atoms with Gasteiger partial charge in [0, 0.05) is 24.7 Å². The first-order valence-corrected chi connectivity index (χ1v) is 12.0. The predicted octanol–water partition coefficient (Wildman–Crippen LogP) is 2.99. The Labute approximate surface area is 188 Å². The lowest BCUT2D eigenvalue weighted by atomic mass is 9.97. The van der Waals surface area contributed by atoms with Gasteiger partial charge in [-0.15, -0.1) is 0 Å². The van der Waals surface area contributed by atoms with E-state index in [2.05, 4.69) is 10.6 Å². The van der Waals surface area contributed by atoms with Gasteiger partial charge in [0.25, 0.3) is 0 Å². The van der Waals surface area contributed by atoms with E-state index in [1.54, 1.807) is 50.2 Å². The molecule has 0 spiro atoms. The van der Waals surface area contributed by atoms with Crippen LogP contribution in [0.3, 0.4) is 0 Å². The lowest BCUT2D eigenvalue weighted by Gasteiger charge is -2.31. The molecule has 172 valence electrons. The van der Waals surface area contributed by atoms with Gasteiger partial charge in [0.05, 0.1) is 4.90 Å². The maximum Gasteiger partial charge on any atom is 0.246 e. The van der Waals surface area contributed by atoms with Crippen molar-refractivity contribution < 1.29 is 22.4 Å². The summed E-state index contributed by atoms with van der Waals surface area (Å²) < 4.78 is 40.7. The third kappa shape index (κ3) is 5.52. The van der Waals surface area contributed by atoms with Crippen LogP contribution in [-0.2, 0) is 19.6 Å². The molecule has 1 fully saturated rings. The summed E-state index contributed by atoms with van der Waals surface area (Å²) in [6, 6.07) is 10.2. The van der Waals surface area contributed by atoms with Crippen molar-refractivity contribution in [3.63, 3.8) is 0 Å². The quantitative estimate of drug-likeness (QED) is 0.691. The fraction of sp³-hybridized carbons (Fsp3) is 0.391. The van der Waals surface area contributed by atoms with E-state index in [0.717, 1.165) is 5.56 Å². The molecule has 0 aliphatic carbocycles. The average molecular weight is 462 g/mol. The molecule has 2 aromatic rings. The highest BCUT2D eigenvalue weighted by molar-refractivity contribution is 7.89. The van der Waals surface area contributed by atoms with E-state index in [1.165, 1.54) is 10.4 Å². The molecule has 0 unspecified atom stereocenters. The zero-order valence-corrected chi connectivity index (χ0v) is 19.2. The molecule has 0 saturated carbocycles. The van der Waals surface area contributed by atoms with Crippen LogP contribution in [0.2, 0.25) is 0 Å². The minimum Gasteiger partial charge on any atom is -0.344 e. The molecule has 1 saturated heterocycles. The van der Waals surface area contributed by atoms with Crippen molar-refractivity contribution in [2.45, 2.75) is 44.6 Å². The van der Waals surface area contributed by atoms with E-state index in [0.29, 0.717) is 24.1 Å². The summed E-state index contributed by atoms with van der Waals surface area (Å²) in [4.78, 5) is 25.2. The van der Waals surface area contributed by atoms with Gasteiger partial charge in [-0.25, -0.2) is 12.8 Å². The minimum absolute atomic E-state index is 0.234. The molecular weight excluding hydrogens is 433 g/mol. The molecule has 0 radical (unpaired) electrons. The number of halogens is 1. The fourth-order valence-corrected chi connectivity index (χ4v) is 5.01. The molecular formula is C23H28FN3O4S. The Morgan fingerprint density at radius 2 is 1.69 bits per heavy atom. The zero-order chi connectivity index (χ0) is 23.5. The van der Waals surface area contributed by atoms with Crippen LogP contribution in [0, 0.1) is 25.6 Å². The smallest absolute Gasteiger partial charge is 0.246 e. The summed E-state index contributed by atoms with van der Waals surface area (Å²) in [6.07, 6.45) is 0.739. The lowest BCUT2D eigenvalue weighted by molar-refractivity contribution is -0.129. The van der Waals surface area contributed by atoms with Crippen molar-refractivity contribution in [3.05, 3.63) is 59.4 Å². The molecule has 2 amide bonds. The predicted molar refractivity (Wildman–Crippen MR) is 120 cm³/mol. The van der Waals surface area contributed by atoms with Gasteiger partial charge in [-0.3, -0.25) is 9.59 Å². The van der Waals surface area contributed by atoms with E-state index in [4.69, 9.17) is 0 Å². The van der Waals surface area contributed by atoms with Crippen LogP contribution in [-0.4, -0.2) is 43.7 Å². The summed E-state index contributed by atoms with van der Waals surface area (Å²) in [5.41, 5.74) is 1.76. The van der Waals surface area contributed by atoms with E-state index < -0.39 is 27.8 Å². The molecule has 0 bridgehead atoms. The van der Waals surface area contributed by atoms with Gasteiger partial charge < -0.3 is 10.6 Å². The van der Waals surface area contributed by atoms with Crippen LogP contribution in [0.1, 0.15) is 30.9 Å². The van der Waals surface area contributed by atoms with Crippen LogP contribution in [0.25, 0.3) is 0 Å². The highest BCUT2D eigenvalue weighted by Crippen LogP contribution is 2.24. The van der Waals surface area contributed by atoms with Crippen LogP contribution >= 0.6 is 0 Å². The second kappa shape index (κ2) is 9.79. The molecule has 1 aliphatic rings. The number of amides is 2. The largest absolute Gasteiger partial charge is 0.344 e. The Morgan fingerprint density at radius 1 is 1.06 bits per heavy atom. The molecule has 1 atom stereocenters. The number of sulfonamides is 1. The third-order valence-electron chi connectivity index (χ3n) is 5.67. The van der Waals surface area contributed by atoms with Gasteiger partial charge in [0.15, 0.2) is 0 Å². The van der Waals surface area contributed by atoms with Crippen molar-refractivity contribution in [1.82, 2.24) is 9.62 Å².